The number of hydrogen-bond donors (Lipinski definition) is 1. The number of carbonyl (C=O) groups is 1. The number of carboxylic acids is 1. The zero-order valence-corrected chi connectivity index (χ0v) is 16.9. The fourth-order valence-electron chi connectivity index (χ4n) is 3.76. The van der Waals surface area contributed by atoms with Crippen LogP contribution in [-0.4, -0.2) is 35.7 Å². The molecular weight excluding hydrogens is 430 g/mol. The predicted molar refractivity (Wildman–Crippen MR) is 104 cm³/mol. The van der Waals surface area contributed by atoms with Crippen molar-refractivity contribution in [3.05, 3.63) is 63.1 Å². The minimum absolute atomic E-state index is 0.260. The second-order valence-corrected chi connectivity index (χ2v) is 7.60. The predicted octanol–water partition coefficient (Wildman–Crippen LogP) is 5.66. The van der Waals surface area contributed by atoms with Gasteiger partial charge in [-0.25, -0.2) is 0 Å². The number of ether oxygens (including phenoxy) is 1. The summed E-state index contributed by atoms with van der Waals surface area (Å²) in [4.78, 5) is 13.4. The maximum Gasteiger partial charge on any atom is 0.417 e. The molecule has 3 rings (SSSR count). The lowest BCUT2D eigenvalue weighted by atomic mass is 9.94. The van der Waals surface area contributed by atoms with Gasteiger partial charge in [-0.1, -0.05) is 29.3 Å². The van der Waals surface area contributed by atoms with Crippen molar-refractivity contribution in [2.75, 3.05) is 13.7 Å². The standard InChI is InChI=1S/C20H18Cl2F3NO3/c1-29-17-7-5-12(21)10-13(17)18(26-8-2-3-16(26)19(27)28)11-4-6-15(22)14(9-11)20(23,24)25/h4-7,9-10,16,18H,2-3,8H2,1H3,(H,27,28). The smallest absolute Gasteiger partial charge is 0.417 e. The van der Waals surface area contributed by atoms with E-state index in [1.807, 2.05) is 0 Å². The number of rotatable bonds is 5. The van der Waals surface area contributed by atoms with E-state index in [1.54, 1.807) is 23.1 Å². The molecule has 0 spiro atoms. The number of nitrogens with zero attached hydrogens (tertiary/aromatic N) is 1. The van der Waals surface area contributed by atoms with Gasteiger partial charge in [0, 0.05) is 17.1 Å². The van der Waals surface area contributed by atoms with E-state index in [0.29, 0.717) is 35.7 Å². The first-order valence-corrected chi connectivity index (χ1v) is 9.57. The van der Waals surface area contributed by atoms with Crippen molar-refractivity contribution in [2.45, 2.75) is 31.1 Å². The largest absolute Gasteiger partial charge is 0.496 e. The molecule has 2 aromatic carbocycles. The van der Waals surface area contributed by atoms with Crippen molar-refractivity contribution in [3.8, 4) is 5.75 Å². The third-order valence-electron chi connectivity index (χ3n) is 5.01. The van der Waals surface area contributed by atoms with Crippen molar-refractivity contribution < 1.29 is 27.8 Å². The van der Waals surface area contributed by atoms with Crippen LogP contribution in [0, 0.1) is 0 Å². The van der Waals surface area contributed by atoms with Gasteiger partial charge in [0.25, 0.3) is 0 Å². The molecule has 1 N–H and O–H groups in total. The normalized spacial score (nSPS) is 18.6. The van der Waals surface area contributed by atoms with Crippen LogP contribution in [0.3, 0.4) is 0 Å². The fourth-order valence-corrected chi connectivity index (χ4v) is 4.17. The number of halogens is 5. The highest BCUT2D eigenvalue weighted by Crippen LogP contribution is 2.43. The summed E-state index contributed by atoms with van der Waals surface area (Å²) in [7, 11) is 1.44. The molecule has 0 saturated carbocycles. The van der Waals surface area contributed by atoms with Gasteiger partial charge in [-0.15, -0.1) is 0 Å². The molecule has 2 atom stereocenters. The minimum Gasteiger partial charge on any atom is -0.496 e. The Bertz CT molecular complexity index is 920. The molecule has 0 bridgehead atoms. The van der Waals surface area contributed by atoms with Crippen molar-refractivity contribution >= 4 is 29.2 Å². The van der Waals surface area contributed by atoms with E-state index in [0.717, 1.165) is 6.07 Å². The Kier molecular flexibility index (Phi) is 6.31. The molecule has 0 aromatic heterocycles. The van der Waals surface area contributed by atoms with E-state index >= 15 is 0 Å². The Morgan fingerprint density at radius 1 is 1.24 bits per heavy atom. The van der Waals surface area contributed by atoms with Gasteiger partial charge in [0.05, 0.1) is 23.7 Å². The molecular formula is C20H18Cl2F3NO3. The van der Waals surface area contributed by atoms with Crippen LogP contribution in [0.25, 0.3) is 0 Å². The molecule has 4 nitrogen and oxygen atoms in total. The lowest BCUT2D eigenvalue weighted by Crippen LogP contribution is -2.39. The third kappa shape index (κ3) is 4.47. The Morgan fingerprint density at radius 3 is 2.59 bits per heavy atom. The van der Waals surface area contributed by atoms with Gasteiger partial charge < -0.3 is 9.84 Å². The summed E-state index contributed by atoms with van der Waals surface area (Å²) in [6.45, 7) is 0.404. The summed E-state index contributed by atoms with van der Waals surface area (Å²) in [6, 6.07) is 6.77. The monoisotopic (exact) mass is 447 g/mol. The van der Waals surface area contributed by atoms with Crippen LogP contribution in [-0.2, 0) is 11.0 Å². The Hall–Kier alpha value is -1.96. The first-order chi connectivity index (χ1) is 13.6. The maximum atomic E-state index is 13.4. The number of likely N-dealkylation sites (tertiary alicyclic amines) is 1. The first kappa shape index (κ1) is 21.7. The molecule has 156 valence electrons. The average molecular weight is 448 g/mol. The van der Waals surface area contributed by atoms with Gasteiger partial charge in [0.1, 0.15) is 11.8 Å². The summed E-state index contributed by atoms with van der Waals surface area (Å²) in [5, 5.41) is 9.58. The summed E-state index contributed by atoms with van der Waals surface area (Å²) < 4.78 is 45.7. The summed E-state index contributed by atoms with van der Waals surface area (Å²) in [5.41, 5.74) is -0.229. The molecule has 2 aromatic rings. The van der Waals surface area contributed by atoms with Crippen LogP contribution in [0.1, 0.15) is 35.6 Å². The number of benzene rings is 2. The highest BCUT2D eigenvalue weighted by atomic mass is 35.5. The molecule has 29 heavy (non-hydrogen) atoms. The van der Waals surface area contributed by atoms with Gasteiger partial charge in [-0.05, 0) is 48.7 Å². The fraction of sp³-hybridized carbons (Fsp3) is 0.350. The van der Waals surface area contributed by atoms with Gasteiger partial charge in [-0.3, -0.25) is 9.69 Å². The molecule has 2 unspecified atom stereocenters. The van der Waals surface area contributed by atoms with Crippen LogP contribution >= 0.6 is 23.2 Å². The molecule has 0 radical (unpaired) electrons. The lowest BCUT2D eigenvalue weighted by molar-refractivity contribution is -0.143. The highest BCUT2D eigenvalue weighted by molar-refractivity contribution is 6.31. The molecule has 1 aliphatic rings. The molecule has 0 aliphatic carbocycles. The van der Waals surface area contributed by atoms with E-state index in [2.05, 4.69) is 0 Å². The van der Waals surface area contributed by atoms with Gasteiger partial charge in [-0.2, -0.15) is 13.2 Å². The van der Waals surface area contributed by atoms with Crippen LogP contribution in [0.2, 0.25) is 10.0 Å². The van der Waals surface area contributed by atoms with E-state index < -0.39 is 34.8 Å². The summed E-state index contributed by atoms with van der Waals surface area (Å²) >= 11 is 11.9. The molecule has 1 heterocycles. The molecule has 9 heteroatoms. The first-order valence-electron chi connectivity index (χ1n) is 8.82. The molecule has 1 fully saturated rings. The molecule has 1 aliphatic heterocycles. The third-order valence-corrected chi connectivity index (χ3v) is 5.57. The number of hydrogen-bond acceptors (Lipinski definition) is 3. The van der Waals surface area contributed by atoms with Crippen molar-refractivity contribution in [2.24, 2.45) is 0 Å². The number of aliphatic carboxylic acids is 1. The zero-order valence-electron chi connectivity index (χ0n) is 15.3. The van der Waals surface area contributed by atoms with Crippen LogP contribution in [0.4, 0.5) is 13.2 Å². The van der Waals surface area contributed by atoms with Gasteiger partial charge in [0.15, 0.2) is 0 Å². The Balaban J connectivity index is 2.22. The minimum atomic E-state index is -4.65. The SMILES string of the molecule is COc1ccc(Cl)cc1C(c1ccc(Cl)c(C(F)(F)F)c1)N1CCCC1C(=O)O. The number of methoxy groups -OCH3 is 1. The van der Waals surface area contributed by atoms with E-state index in [4.69, 9.17) is 27.9 Å². The Labute approximate surface area is 175 Å². The van der Waals surface area contributed by atoms with Gasteiger partial charge >= 0.3 is 12.1 Å². The number of alkyl halides is 3. The van der Waals surface area contributed by atoms with Crippen LogP contribution < -0.4 is 4.74 Å². The second kappa shape index (κ2) is 8.42. The average Bonchev–Trinajstić information content (AvgIpc) is 3.12. The quantitative estimate of drug-likeness (QED) is 0.642. The Morgan fingerprint density at radius 2 is 1.97 bits per heavy atom. The van der Waals surface area contributed by atoms with Crippen molar-refractivity contribution in [1.29, 1.82) is 0 Å². The van der Waals surface area contributed by atoms with Crippen molar-refractivity contribution in [3.63, 3.8) is 0 Å². The topological polar surface area (TPSA) is 49.8 Å². The maximum absolute atomic E-state index is 13.4. The lowest BCUT2D eigenvalue weighted by Gasteiger charge is -2.33. The van der Waals surface area contributed by atoms with E-state index in [-0.39, 0.29) is 5.56 Å². The van der Waals surface area contributed by atoms with Crippen molar-refractivity contribution in [1.82, 2.24) is 4.90 Å². The highest BCUT2D eigenvalue weighted by Gasteiger charge is 2.40. The second-order valence-electron chi connectivity index (χ2n) is 6.76. The molecule has 0 amide bonds. The number of carboxylic acid groups (broad SMARTS) is 1. The zero-order chi connectivity index (χ0) is 21.3. The van der Waals surface area contributed by atoms with Gasteiger partial charge in [0.2, 0.25) is 0 Å². The van der Waals surface area contributed by atoms with E-state index in [1.165, 1.54) is 19.2 Å². The van der Waals surface area contributed by atoms with Crippen LogP contribution in [0.5, 0.6) is 5.75 Å². The summed E-state index contributed by atoms with van der Waals surface area (Å²) in [6.07, 6.45) is -3.64. The van der Waals surface area contributed by atoms with E-state index in [9.17, 15) is 23.1 Å². The molecule has 1 saturated heterocycles. The van der Waals surface area contributed by atoms with Crippen LogP contribution in [0.15, 0.2) is 36.4 Å². The summed E-state index contributed by atoms with van der Waals surface area (Å²) in [5.74, 6) is -0.627.